The monoisotopic (exact) mass is 248 g/mol. The zero-order valence-electron chi connectivity index (χ0n) is 9.32. The van der Waals surface area contributed by atoms with E-state index in [0.717, 1.165) is 11.3 Å². The van der Waals surface area contributed by atoms with Gasteiger partial charge in [0.2, 0.25) is 5.12 Å². The predicted octanol–water partition coefficient (Wildman–Crippen LogP) is 2.27. The van der Waals surface area contributed by atoms with Crippen LogP contribution in [0, 0.1) is 6.92 Å². The second-order valence-corrected chi connectivity index (χ2v) is 4.65. The third-order valence-corrected chi connectivity index (χ3v) is 3.19. The van der Waals surface area contributed by atoms with E-state index < -0.39 is 0 Å². The molecule has 0 fully saturated rings. The average Bonchev–Trinajstić information content (AvgIpc) is 2.67. The number of aryl methyl sites for hydroxylation is 1. The number of hydrogen-bond donors (Lipinski definition) is 2. The number of carbonyl (C=O) groups excluding carboxylic acids is 2. The molecule has 0 saturated carbocycles. The van der Waals surface area contributed by atoms with Gasteiger partial charge in [-0.15, -0.1) is 0 Å². The zero-order chi connectivity index (χ0) is 12.3. The Morgan fingerprint density at radius 3 is 2.71 bits per heavy atom. The summed E-state index contributed by atoms with van der Waals surface area (Å²) in [7, 11) is 0. The van der Waals surface area contributed by atoms with Gasteiger partial charge in [-0.3, -0.25) is 4.79 Å². The fourth-order valence-corrected chi connectivity index (χ4v) is 2.14. The maximum atomic E-state index is 11.6. The van der Waals surface area contributed by atoms with Crippen molar-refractivity contribution in [1.29, 1.82) is 0 Å². The number of hydrogen-bond acceptors (Lipinski definition) is 3. The maximum Gasteiger partial charge on any atom is 0.323 e. The Morgan fingerprint density at radius 2 is 2.06 bits per heavy atom. The number of carbonyl (C=O) groups is 2. The lowest BCUT2D eigenvalue weighted by Crippen LogP contribution is -2.28. The van der Waals surface area contributed by atoms with Crippen molar-refractivity contribution in [3.05, 3.63) is 41.6 Å². The first kappa shape index (κ1) is 11.7. The molecule has 88 valence electrons. The molecule has 2 amide bonds. The van der Waals surface area contributed by atoms with E-state index in [1.165, 1.54) is 17.8 Å². The fraction of sp³-hybridized carbons (Fsp3) is 0.167. The average molecular weight is 248 g/mol. The Bertz CT molecular complexity index is 497. The molecule has 0 unspecified atom stereocenters. The molecule has 2 N–H and O–H groups in total. The molecule has 1 aromatic carbocycles. The molecule has 1 aliphatic rings. The van der Waals surface area contributed by atoms with Crippen LogP contribution in [0.5, 0.6) is 0 Å². The Labute approximate surface area is 103 Å². The summed E-state index contributed by atoms with van der Waals surface area (Å²) in [6, 6.07) is 7.20. The lowest BCUT2D eigenvalue weighted by Gasteiger charge is -2.09. The fourth-order valence-electron chi connectivity index (χ4n) is 1.46. The first-order valence-electron chi connectivity index (χ1n) is 5.16. The summed E-state index contributed by atoms with van der Waals surface area (Å²) in [5.74, 6) is 0.528. The van der Waals surface area contributed by atoms with Crippen molar-refractivity contribution in [2.45, 2.75) is 6.92 Å². The molecule has 1 aliphatic heterocycles. The van der Waals surface area contributed by atoms with Crippen LogP contribution < -0.4 is 10.6 Å². The largest absolute Gasteiger partial charge is 0.323 e. The number of thioether (sulfide) groups is 1. The second kappa shape index (κ2) is 5.05. The minimum absolute atomic E-state index is 0.0174. The SMILES string of the molecule is Cc1ccccc1NC(=O)NC1=CC(=O)SC1. The maximum absolute atomic E-state index is 11.6. The molecule has 1 aromatic rings. The molecule has 0 radical (unpaired) electrons. The molecule has 1 heterocycles. The highest BCUT2D eigenvalue weighted by atomic mass is 32.2. The van der Waals surface area contributed by atoms with Crippen molar-refractivity contribution in [2.75, 3.05) is 11.1 Å². The molecule has 0 spiro atoms. The van der Waals surface area contributed by atoms with E-state index in [0.29, 0.717) is 11.4 Å². The van der Waals surface area contributed by atoms with E-state index in [4.69, 9.17) is 0 Å². The zero-order valence-corrected chi connectivity index (χ0v) is 10.1. The summed E-state index contributed by atoms with van der Waals surface area (Å²) in [6.45, 7) is 1.92. The lowest BCUT2D eigenvalue weighted by atomic mass is 10.2. The second-order valence-electron chi connectivity index (χ2n) is 3.67. The Kier molecular flexibility index (Phi) is 3.49. The molecule has 17 heavy (non-hydrogen) atoms. The van der Waals surface area contributed by atoms with Gasteiger partial charge in [0.15, 0.2) is 0 Å². The predicted molar refractivity (Wildman–Crippen MR) is 68.9 cm³/mol. The van der Waals surface area contributed by atoms with Crippen LogP contribution in [0.15, 0.2) is 36.0 Å². The highest BCUT2D eigenvalue weighted by Gasteiger charge is 2.14. The van der Waals surface area contributed by atoms with Crippen LogP contribution in [-0.2, 0) is 4.79 Å². The van der Waals surface area contributed by atoms with E-state index >= 15 is 0 Å². The van der Waals surface area contributed by atoms with Crippen molar-refractivity contribution >= 4 is 28.6 Å². The van der Waals surface area contributed by atoms with Crippen LogP contribution in [0.3, 0.4) is 0 Å². The van der Waals surface area contributed by atoms with E-state index in [1.807, 2.05) is 31.2 Å². The summed E-state index contributed by atoms with van der Waals surface area (Å²) in [5.41, 5.74) is 2.40. The van der Waals surface area contributed by atoms with E-state index in [2.05, 4.69) is 10.6 Å². The number of nitrogens with one attached hydrogen (secondary N) is 2. The Hall–Kier alpha value is -1.75. The first-order chi connectivity index (χ1) is 8.15. The van der Waals surface area contributed by atoms with Gasteiger partial charge in [0, 0.05) is 23.2 Å². The van der Waals surface area contributed by atoms with Gasteiger partial charge < -0.3 is 10.6 Å². The van der Waals surface area contributed by atoms with Gasteiger partial charge in [0.1, 0.15) is 0 Å². The highest BCUT2D eigenvalue weighted by Crippen LogP contribution is 2.17. The van der Waals surface area contributed by atoms with Crippen LogP contribution in [0.1, 0.15) is 5.56 Å². The summed E-state index contributed by atoms with van der Waals surface area (Å²) < 4.78 is 0. The van der Waals surface area contributed by atoms with E-state index in [-0.39, 0.29) is 11.1 Å². The highest BCUT2D eigenvalue weighted by molar-refractivity contribution is 8.14. The molecule has 0 aliphatic carbocycles. The number of urea groups is 1. The van der Waals surface area contributed by atoms with Crippen LogP contribution >= 0.6 is 11.8 Å². The number of benzene rings is 1. The van der Waals surface area contributed by atoms with Gasteiger partial charge in [0.05, 0.1) is 0 Å². The summed E-state index contributed by atoms with van der Waals surface area (Å²) in [5, 5.41) is 5.38. The number of rotatable bonds is 2. The van der Waals surface area contributed by atoms with Crippen molar-refractivity contribution in [2.24, 2.45) is 0 Å². The third-order valence-electron chi connectivity index (χ3n) is 2.33. The Balaban J connectivity index is 1.96. The summed E-state index contributed by atoms with van der Waals surface area (Å²) in [4.78, 5) is 22.6. The molecule has 4 nitrogen and oxygen atoms in total. The molecule has 0 bridgehead atoms. The number of amides is 2. The molecule has 0 atom stereocenters. The third kappa shape index (κ3) is 3.10. The molecule has 2 rings (SSSR count). The normalized spacial score (nSPS) is 14.4. The van der Waals surface area contributed by atoms with Crippen molar-refractivity contribution in [3.8, 4) is 0 Å². The van der Waals surface area contributed by atoms with Gasteiger partial charge >= 0.3 is 6.03 Å². The topological polar surface area (TPSA) is 58.2 Å². The molecular formula is C12H12N2O2S. The van der Waals surface area contributed by atoms with Crippen LogP contribution in [0.25, 0.3) is 0 Å². The lowest BCUT2D eigenvalue weighted by molar-refractivity contribution is -0.106. The van der Waals surface area contributed by atoms with Gasteiger partial charge in [-0.2, -0.15) is 0 Å². The molecule has 0 aromatic heterocycles. The van der Waals surface area contributed by atoms with Gasteiger partial charge in [-0.25, -0.2) is 4.79 Å². The molecule has 0 saturated heterocycles. The summed E-state index contributed by atoms with van der Waals surface area (Å²) in [6.07, 6.45) is 1.45. The van der Waals surface area contributed by atoms with E-state index in [1.54, 1.807) is 0 Å². The van der Waals surface area contributed by atoms with Crippen LogP contribution in [0.2, 0.25) is 0 Å². The number of para-hydroxylation sites is 1. The first-order valence-corrected chi connectivity index (χ1v) is 6.14. The van der Waals surface area contributed by atoms with Gasteiger partial charge in [-0.05, 0) is 18.6 Å². The minimum Gasteiger partial charge on any atom is -0.310 e. The van der Waals surface area contributed by atoms with Crippen molar-refractivity contribution in [1.82, 2.24) is 5.32 Å². The standard InChI is InChI=1S/C12H12N2O2S/c1-8-4-2-3-5-10(8)14-12(16)13-9-6-11(15)17-7-9/h2-6H,7H2,1H3,(H2,13,14,16). The minimum atomic E-state index is -0.319. The smallest absolute Gasteiger partial charge is 0.310 e. The molecular weight excluding hydrogens is 236 g/mol. The van der Waals surface area contributed by atoms with Crippen molar-refractivity contribution < 1.29 is 9.59 Å². The van der Waals surface area contributed by atoms with Crippen LogP contribution in [-0.4, -0.2) is 16.9 Å². The van der Waals surface area contributed by atoms with Crippen molar-refractivity contribution in [3.63, 3.8) is 0 Å². The van der Waals surface area contributed by atoms with Gasteiger partial charge in [-0.1, -0.05) is 30.0 Å². The van der Waals surface area contributed by atoms with E-state index in [9.17, 15) is 9.59 Å². The number of anilines is 1. The summed E-state index contributed by atoms with van der Waals surface area (Å²) >= 11 is 1.18. The van der Waals surface area contributed by atoms with Gasteiger partial charge in [0.25, 0.3) is 0 Å². The molecule has 5 heteroatoms. The Morgan fingerprint density at radius 1 is 1.29 bits per heavy atom. The quantitative estimate of drug-likeness (QED) is 0.844. The van der Waals surface area contributed by atoms with Crippen LogP contribution in [0.4, 0.5) is 10.5 Å².